The minimum Gasteiger partial charge on any atom is -0.495 e. The van der Waals surface area contributed by atoms with Crippen molar-refractivity contribution in [3.8, 4) is 11.5 Å². The molecule has 4 aromatic carbocycles. The van der Waals surface area contributed by atoms with E-state index in [1.807, 2.05) is 6.07 Å². The Labute approximate surface area is 239 Å². The summed E-state index contributed by atoms with van der Waals surface area (Å²) in [5.74, 6) is -0.942. The molecule has 0 spiro atoms. The molecule has 206 valence electrons. The number of anilines is 4. The smallest absolute Gasteiger partial charge is 0.258 e. The monoisotopic (exact) mass is 582 g/mol. The van der Waals surface area contributed by atoms with Gasteiger partial charge >= 0.3 is 0 Å². The molecule has 12 heteroatoms. The maximum Gasteiger partial charge on any atom is 0.258 e. The standard InChI is InChI=1S/C28H24ClFN4O5S/c1-37-25-16-26(38-2)24(15-21(25)29)34-40-39-33-18-12-13-23(32-27(35)19-10-6-7-11-22(19)30)20(14-18)28(36)31-17-8-4-3-5-9-17/h3-16,33-34H,1-2H3,(H,31,36)(H,32,35). The number of benzene rings is 4. The van der Waals surface area contributed by atoms with Crippen LogP contribution >= 0.6 is 23.8 Å². The minimum atomic E-state index is -0.698. The van der Waals surface area contributed by atoms with Gasteiger partial charge in [-0.3, -0.25) is 15.1 Å². The average molecular weight is 583 g/mol. The summed E-state index contributed by atoms with van der Waals surface area (Å²) in [6.45, 7) is 0. The maximum atomic E-state index is 14.2. The van der Waals surface area contributed by atoms with Gasteiger partial charge in [0, 0.05) is 11.8 Å². The molecule has 0 fully saturated rings. The predicted molar refractivity (Wildman–Crippen MR) is 156 cm³/mol. The van der Waals surface area contributed by atoms with E-state index in [1.165, 1.54) is 44.6 Å². The van der Waals surface area contributed by atoms with Crippen molar-refractivity contribution in [2.45, 2.75) is 0 Å². The number of hydrogen-bond acceptors (Lipinski definition) is 8. The second kappa shape index (κ2) is 13.6. The Morgan fingerprint density at radius 3 is 2.17 bits per heavy atom. The highest BCUT2D eigenvalue weighted by Gasteiger charge is 2.18. The summed E-state index contributed by atoms with van der Waals surface area (Å²) in [6.07, 6.45) is 0. The lowest BCUT2D eigenvalue weighted by atomic mass is 10.1. The van der Waals surface area contributed by atoms with Crippen LogP contribution in [0.15, 0.2) is 84.9 Å². The van der Waals surface area contributed by atoms with Gasteiger partial charge in [0.25, 0.3) is 11.8 Å². The van der Waals surface area contributed by atoms with Crippen molar-refractivity contribution in [3.63, 3.8) is 0 Å². The van der Waals surface area contributed by atoms with Crippen molar-refractivity contribution in [2.24, 2.45) is 0 Å². The van der Waals surface area contributed by atoms with Gasteiger partial charge in [-0.25, -0.2) is 4.39 Å². The van der Waals surface area contributed by atoms with Crippen LogP contribution in [0.25, 0.3) is 0 Å². The average Bonchev–Trinajstić information content (AvgIpc) is 2.96. The van der Waals surface area contributed by atoms with Gasteiger partial charge < -0.3 is 24.8 Å². The lowest BCUT2D eigenvalue weighted by molar-refractivity contribution is 0.102. The van der Waals surface area contributed by atoms with Crippen molar-refractivity contribution in [1.82, 2.24) is 0 Å². The number of para-hydroxylation sites is 1. The first-order valence-corrected chi connectivity index (χ1v) is 12.8. The van der Waals surface area contributed by atoms with Crippen molar-refractivity contribution in [1.29, 1.82) is 0 Å². The van der Waals surface area contributed by atoms with E-state index in [4.69, 9.17) is 25.4 Å². The van der Waals surface area contributed by atoms with E-state index < -0.39 is 17.6 Å². The zero-order valence-electron chi connectivity index (χ0n) is 21.3. The molecule has 9 nitrogen and oxygen atoms in total. The molecular formula is C28H24ClFN4O5S. The van der Waals surface area contributed by atoms with E-state index in [1.54, 1.807) is 48.5 Å². The Morgan fingerprint density at radius 2 is 1.45 bits per heavy atom. The molecule has 4 rings (SSSR count). The molecule has 0 atom stereocenters. The molecule has 0 unspecified atom stereocenters. The van der Waals surface area contributed by atoms with Crippen LogP contribution in [0.4, 0.5) is 27.1 Å². The lowest BCUT2D eigenvalue weighted by Gasteiger charge is -2.15. The molecule has 4 N–H and O–H groups in total. The number of hydrogen-bond donors (Lipinski definition) is 4. The van der Waals surface area contributed by atoms with Gasteiger partial charge in [-0.05, 0) is 48.5 Å². The van der Waals surface area contributed by atoms with Crippen molar-refractivity contribution < 1.29 is 27.7 Å². The van der Waals surface area contributed by atoms with Gasteiger partial charge in [-0.2, -0.15) is 4.28 Å². The van der Waals surface area contributed by atoms with E-state index in [0.29, 0.717) is 33.6 Å². The number of nitrogens with one attached hydrogen (secondary N) is 4. The van der Waals surface area contributed by atoms with E-state index in [2.05, 4.69) is 20.8 Å². The fourth-order valence-corrected chi connectivity index (χ4v) is 4.20. The Morgan fingerprint density at radius 1 is 0.750 bits per heavy atom. The number of ether oxygens (including phenoxy) is 2. The zero-order chi connectivity index (χ0) is 28.5. The van der Waals surface area contributed by atoms with Crippen LogP contribution in [-0.2, 0) is 4.28 Å². The number of carbonyl (C=O) groups excluding carboxylic acids is 2. The molecular weight excluding hydrogens is 559 g/mol. The summed E-state index contributed by atoms with van der Waals surface area (Å²) >= 11 is 7.03. The molecule has 2 amide bonds. The molecule has 0 bridgehead atoms. The van der Waals surface area contributed by atoms with Crippen LogP contribution in [0.1, 0.15) is 20.7 Å². The molecule has 0 aliphatic rings. The SMILES string of the molecule is COc1cc(OC)c(NSONc2ccc(NC(=O)c3ccccc3F)c(C(=O)Nc3ccccc3)c2)cc1Cl. The van der Waals surface area contributed by atoms with E-state index in [9.17, 15) is 14.0 Å². The lowest BCUT2D eigenvalue weighted by Crippen LogP contribution is -2.19. The number of amides is 2. The second-order valence-electron chi connectivity index (χ2n) is 8.07. The highest BCUT2D eigenvalue weighted by Crippen LogP contribution is 2.37. The van der Waals surface area contributed by atoms with Crippen molar-refractivity contribution >= 4 is 58.4 Å². The van der Waals surface area contributed by atoms with Crippen molar-refractivity contribution in [3.05, 3.63) is 107 Å². The van der Waals surface area contributed by atoms with Gasteiger partial charge in [-0.1, -0.05) is 41.9 Å². The van der Waals surface area contributed by atoms with E-state index in [0.717, 1.165) is 12.2 Å². The third-order valence-corrected chi connectivity index (χ3v) is 6.25. The summed E-state index contributed by atoms with van der Waals surface area (Å²) in [5, 5.41) is 5.77. The highest BCUT2D eigenvalue weighted by atomic mass is 35.5. The number of rotatable bonds is 11. The first-order chi connectivity index (χ1) is 19.4. The van der Waals surface area contributed by atoms with Gasteiger partial charge in [0.15, 0.2) is 0 Å². The summed E-state index contributed by atoms with van der Waals surface area (Å²) in [6, 6.07) is 22.2. The molecule has 40 heavy (non-hydrogen) atoms. The van der Waals surface area contributed by atoms with Crippen LogP contribution in [0, 0.1) is 5.82 Å². The third kappa shape index (κ3) is 7.14. The predicted octanol–water partition coefficient (Wildman–Crippen LogP) is 7.02. The number of carbonyl (C=O) groups is 2. The molecule has 0 heterocycles. The molecule has 0 saturated carbocycles. The Bertz CT molecular complexity index is 1510. The van der Waals surface area contributed by atoms with Crippen LogP contribution in [0.5, 0.6) is 11.5 Å². The van der Waals surface area contributed by atoms with Crippen LogP contribution in [-0.4, -0.2) is 26.0 Å². The highest BCUT2D eigenvalue weighted by molar-refractivity contribution is 7.96. The van der Waals surface area contributed by atoms with Gasteiger partial charge in [0.1, 0.15) is 29.5 Å². The largest absolute Gasteiger partial charge is 0.495 e. The number of halogens is 2. The normalized spacial score (nSPS) is 10.4. The zero-order valence-corrected chi connectivity index (χ0v) is 22.9. The molecule has 4 aromatic rings. The first-order valence-electron chi connectivity index (χ1n) is 11.7. The maximum absolute atomic E-state index is 14.2. The van der Waals surface area contributed by atoms with Gasteiger partial charge in [0.2, 0.25) is 0 Å². The molecule has 0 aromatic heterocycles. The van der Waals surface area contributed by atoms with Crippen LogP contribution in [0.2, 0.25) is 5.02 Å². The number of methoxy groups -OCH3 is 2. The topological polar surface area (TPSA) is 110 Å². The van der Waals surface area contributed by atoms with E-state index >= 15 is 0 Å². The molecule has 0 radical (unpaired) electrons. The fourth-order valence-electron chi connectivity index (χ4n) is 3.53. The van der Waals surface area contributed by atoms with Crippen LogP contribution < -0.4 is 30.3 Å². The second-order valence-corrected chi connectivity index (χ2v) is 9.02. The Balaban J connectivity index is 1.49. The van der Waals surface area contributed by atoms with Crippen molar-refractivity contribution in [2.75, 3.05) is 35.1 Å². The van der Waals surface area contributed by atoms with E-state index in [-0.39, 0.29) is 16.8 Å². The summed E-state index contributed by atoms with van der Waals surface area (Å²) in [5.41, 5.74) is 4.35. The summed E-state index contributed by atoms with van der Waals surface area (Å²) in [4.78, 5) is 25.9. The Hall–Kier alpha value is -4.45. The molecule has 0 saturated heterocycles. The Kier molecular flexibility index (Phi) is 9.68. The third-order valence-electron chi connectivity index (χ3n) is 5.49. The summed E-state index contributed by atoms with van der Waals surface area (Å²) < 4.78 is 33.1. The quantitative estimate of drug-likeness (QED) is 0.0646. The fraction of sp³-hybridized carbons (Fsp3) is 0.0714. The minimum absolute atomic E-state index is 0.115. The molecule has 0 aliphatic heterocycles. The van der Waals surface area contributed by atoms with Gasteiger partial charge in [0.05, 0.1) is 47.4 Å². The summed E-state index contributed by atoms with van der Waals surface area (Å²) in [7, 11) is 3.01. The first kappa shape index (κ1) is 28.6. The van der Waals surface area contributed by atoms with Gasteiger partial charge in [-0.15, -0.1) is 0 Å². The molecule has 0 aliphatic carbocycles. The van der Waals surface area contributed by atoms with Crippen LogP contribution in [0.3, 0.4) is 0 Å².